The van der Waals surface area contributed by atoms with Gasteiger partial charge in [0, 0.05) is 32.6 Å². The molecule has 2 aliphatic rings. The lowest BCUT2D eigenvalue weighted by molar-refractivity contribution is -0.134. The summed E-state index contributed by atoms with van der Waals surface area (Å²) in [6.45, 7) is 2.53. The Balaban J connectivity index is 1.46. The first-order valence-electron chi connectivity index (χ1n) is 9.00. The van der Waals surface area contributed by atoms with Crippen molar-refractivity contribution in [2.45, 2.75) is 32.2 Å². The Morgan fingerprint density at radius 3 is 2.52 bits per heavy atom. The van der Waals surface area contributed by atoms with E-state index in [0.29, 0.717) is 13.1 Å². The van der Waals surface area contributed by atoms with Crippen molar-refractivity contribution in [2.24, 2.45) is 5.92 Å². The van der Waals surface area contributed by atoms with Gasteiger partial charge < -0.3 is 15.1 Å². The average molecular weight is 343 g/mol. The second kappa shape index (κ2) is 8.14. The Morgan fingerprint density at radius 2 is 1.80 bits per heavy atom. The van der Waals surface area contributed by atoms with Crippen molar-refractivity contribution in [1.29, 1.82) is 0 Å². The maximum atomic E-state index is 12.3. The van der Waals surface area contributed by atoms with E-state index < -0.39 is 0 Å². The molecular weight excluding hydrogens is 318 g/mol. The molecule has 2 aliphatic heterocycles. The Kier molecular flexibility index (Phi) is 5.68. The van der Waals surface area contributed by atoms with Crippen molar-refractivity contribution in [3.05, 3.63) is 35.9 Å². The third-order valence-electron chi connectivity index (χ3n) is 4.92. The molecule has 6 nitrogen and oxygen atoms in total. The molecule has 0 saturated carbocycles. The summed E-state index contributed by atoms with van der Waals surface area (Å²) in [6.07, 6.45) is 3.45. The molecule has 2 saturated heterocycles. The molecular formula is C19H25N3O3. The second-order valence-corrected chi connectivity index (χ2v) is 6.82. The number of nitrogens with zero attached hydrogens (tertiary/aromatic N) is 2. The van der Waals surface area contributed by atoms with E-state index in [-0.39, 0.29) is 36.6 Å². The molecule has 1 unspecified atom stereocenters. The minimum atomic E-state index is -0.370. The van der Waals surface area contributed by atoms with Crippen molar-refractivity contribution in [3.8, 4) is 0 Å². The van der Waals surface area contributed by atoms with Crippen molar-refractivity contribution in [2.75, 3.05) is 26.2 Å². The first-order valence-corrected chi connectivity index (χ1v) is 9.00. The van der Waals surface area contributed by atoms with Crippen LogP contribution in [0.25, 0.3) is 0 Å². The maximum absolute atomic E-state index is 12.3. The minimum absolute atomic E-state index is 0.00800. The Bertz CT molecular complexity index is 626. The van der Waals surface area contributed by atoms with Crippen molar-refractivity contribution >= 4 is 17.7 Å². The number of benzene rings is 1. The van der Waals surface area contributed by atoms with Crippen LogP contribution in [0.4, 0.5) is 0 Å². The summed E-state index contributed by atoms with van der Waals surface area (Å²) in [5, 5.41) is 2.72. The van der Waals surface area contributed by atoms with Crippen LogP contribution in [0.2, 0.25) is 0 Å². The largest absolute Gasteiger partial charge is 0.347 e. The van der Waals surface area contributed by atoms with Gasteiger partial charge in [-0.2, -0.15) is 0 Å². The van der Waals surface area contributed by atoms with Gasteiger partial charge in [0.05, 0.1) is 12.5 Å². The minimum Gasteiger partial charge on any atom is -0.347 e. The van der Waals surface area contributed by atoms with Crippen LogP contribution in [0.3, 0.4) is 0 Å². The molecule has 2 heterocycles. The summed E-state index contributed by atoms with van der Waals surface area (Å²) < 4.78 is 0. The molecule has 1 N–H and O–H groups in total. The van der Waals surface area contributed by atoms with E-state index in [1.807, 2.05) is 35.2 Å². The molecule has 3 amide bonds. The van der Waals surface area contributed by atoms with Crippen LogP contribution in [0, 0.1) is 5.92 Å². The van der Waals surface area contributed by atoms with Crippen molar-refractivity contribution in [3.63, 3.8) is 0 Å². The van der Waals surface area contributed by atoms with Crippen LogP contribution in [-0.4, -0.2) is 53.7 Å². The molecule has 0 radical (unpaired) electrons. The Labute approximate surface area is 148 Å². The molecule has 0 bridgehead atoms. The lowest BCUT2D eigenvalue weighted by Crippen LogP contribution is -2.44. The van der Waals surface area contributed by atoms with Crippen LogP contribution >= 0.6 is 0 Å². The van der Waals surface area contributed by atoms with E-state index in [9.17, 15) is 14.4 Å². The van der Waals surface area contributed by atoms with E-state index in [4.69, 9.17) is 0 Å². The molecule has 1 atom stereocenters. The fraction of sp³-hybridized carbons (Fsp3) is 0.526. The van der Waals surface area contributed by atoms with Crippen LogP contribution < -0.4 is 5.32 Å². The number of likely N-dealkylation sites (tertiary alicyclic amines) is 2. The Hall–Kier alpha value is -2.37. The van der Waals surface area contributed by atoms with Gasteiger partial charge in [-0.25, -0.2) is 0 Å². The van der Waals surface area contributed by atoms with Crippen LogP contribution in [0.1, 0.15) is 31.2 Å². The molecule has 3 rings (SSSR count). The second-order valence-electron chi connectivity index (χ2n) is 6.82. The molecule has 0 aromatic heterocycles. The highest BCUT2D eigenvalue weighted by Gasteiger charge is 2.34. The molecule has 134 valence electrons. The number of nitrogens with one attached hydrogen (secondary N) is 1. The highest BCUT2D eigenvalue weighted by molar-refractivity contribution is 5.91. The first kappa shape index (κ1) is 17.5. The predicted molar refractivity (Wildman–Crippen MR) is 93.4 cm³/mol. The topological polar surface area (TPSA) is 69.7 Å². The maximum Gasteiger partial charge on any atom is 0.241 e. The zero-order chi connectivity index (χ0) is 17.6. The standard InChI is InChI=1S/C19H25N3O3/c23-17-11-16(14-22(17)13-15-7-3-1-4-8-15)19(25)20-12-18(24)21-9-5-2-6-10-21/h1,3-4,7-8,16H,2,5-6,9-14H2,(H,20,25). The van der Waals surface area contributed by atoms with Gasteiger partial charge in [0.25, 0.3) is 0 Å². The van der Waals surface area contributed by atoms with Gasteiger partial charge in [0.15, 0.2) is 0 Å². The molecule has 1 aromatic carbocycles. The van der Waals surface area contributed by atoms with Crippen LogP contribution in [0.5, 0.6) is 0 Å². The van der Waals surface area contributed by atoms with Crippen molar-refractivity contribution < 1.29 is 14.4 Å². The summed E-state index contributed by atoms with van der Waals surface area (Å²) in [5.74, 6) is -0.607. The Morgan fingerprint density at radius 1 is 1.08 bits per heavy atom. The average Bonchev–Trinajstić information content (AvgIpc) is 3.01. The van der Waals surface area contributed by atoms with E-state index in [0.717, 1.165) is 37.9 Å². The van der Waals surface area contributed by atoms with Gasteiger partial charge in [-0.3, -0.25) is 14.4 Å². The highest BCUT2D eigenvalue weighted by atomic mass is 16.2. The third-order valence-corrected chi connectivity index (χ3v) is 4.92. The van der Waals surface area contributed by atoms with Gasteiger partial charge in [-0.05, 0) is 24.8 Å². The third kappa shape index (κ3) is 4.59. The number of rotatable bonds is 5. The lowest BCUT2D eigenvalue weighted by atomic mass is 10.1. The monoisotopic (exact) mass is 343 g/mol. The summed E-state index contributed by atoms with van der Waals surface area (Å²) in [4.78, 5) is 40.1. The molecule has 2 fully saturated rings. The molecule has 1 aromatic rings. The van der Waals surface area contributed by atoms with Crippen LogP contribution in [-0.2, 0) is 20.9 Å². The number of piperidine rings is 1. The van der Waals surface area contributed by atoms with E-state index in [2.05, 4.69) is 5.32 Å². The summed E-state index contributed by atoms with van der Waals surface area (Å²) in [5.41, 5.74) is 1.05. The fourth-order valence-corrected chi connectivity index (χ4v) is 3.47. The molecule has 0 aliphatic carbocycles. The van der Waals surface area contributed by atoms with E-state index >= 15 is 0 Å². The highest BCUT2D eigenvalue weighted by Crippen LogP contribution is 2.20. The normalized spacial score (nSPS) is 20.6. The lowest BCUT2D eigenvalue weighted by Gasteiger charge is -2.26. The van der Waals surface area contributed by atoms with Gasteiger partial charge >= 0.3 is 0 Å². The zero-order valence-electron chi connectivity index (χ0n) is 14.4. The van der Waals surface area contributed by atoms with Gasteiger partial charge in [-0.15, -0.1) is 0 Å². The van der Waals surface area contributed by atoms with E-state index in [1.54, 1.807) is 4.90 Å². The quantitative estimate of drug-likeness (QED) is 0.872. The van der Waals surface area contributed by atoms with E-state index in [1.165, 1.54) is 0 Å². The van der Waals surface area contributed by atoms with Crippen molar-refractivity contribution in [1.82, 2.24) is 15.1 Å². The fourth-order valence-electron chi connectivity index (χ4n) is 3.47. The number of carbonyl (C=O) groups excluding carboxylic acids is 3. The number of carbonyl (C=O) groups is 3. The number of hydrogen-bond donors (Lipinski definition) is 1. The molecule has 0 spiro atoms. The smallest absolute Gasteiger partial charge is 0.241 e. The zero-order valence-corrected chi connectivity index (χ0v) is 14.4. The summed E-state index contributed by atoms with van der Waals surface area (Å²) in [6, 6.07) is 9.75. The summed E-state index contributed by atoms with van der Waals surface area (Å²) in [7, 11) is 0. The first-order chi connectivity index (χ1) is 12.1. The van der Waals surface area contributed by atoms with Gasteiger partial charge in [-0.1, -0.05) is 30.3 Å². The molecule has 6 heteroatoms. The van der Waals surface area contributed by atoms with Gasteiger partial charge in [0.1, 0.15) is 0 Å². The number of hydrogen-bond acceptors (Lipinski definition) is 3. The number of amides is 3. The molecule has 25 heavy (non-hydrogen) atoms. The predicted octanol–water partition coefficient (Wildman–Crippen LogP) is 1.16. The SMILES string of the molecule is O=C(NCC(=O)N1CCCCC1)C1CC(=O)N(Cc2ccccc2)C1. The van der Waals surface area contributed by atoms with Crippen LogP contribution in [0.15, 0.2) is 30.3 Å². The summed E-state index contributed by atoms with van der Waals surface area (Å²) >= 11 is 0. The van der Waals surface area contributed by atoms with Gasteiger partial charge in [0.2, 0.25) is 17.7 Å².